The zero-order valence-corrected chi connectivity index (χ0v) is 14.6. The third-order valence-corrected chi connectivity index (χ3v) is 5.02. The summed E-state index contributed by atoms with van der Waals surface area (Å²) in [5, 5.41) is 6.40. The largest absolute Gasteiger partial charge is 0.351 e. The van der Waals surface area contributed by atoms with Gasteiger partial charge in [-0.2, -0.15) is 11.3 Å². The topological polar surface area (TPSA) is 49.4 Å². The van der Waals surface area contributed by atoms with Crippen molar-refractivity contribution in [1.82, 2.24) is 10.2 Å². The molecule has 118 valence electrons. The van der Waals surface area contributed by atoms with Crippen LogP contribution in [0.3, 0.4) is 0 Å². The van der Waals surface area contributed by atoms with E-state index in [9.17, 15) is 9.59 Å². The lowest BCUT2D eigenvalue weighted by Crippen LogP contribution is -2.33. The van der Waals surface area contributed by atoms with Crippen LogP contribution in [0.15, 0.2) is 29.0 Å². The first-order valence-corrected chi connectivity index (χ1v) is 9.06. The third-order valence-electron chi connectivity index (χ3n) is 3.12. The highest BCUT2D eigenvalue weighted by molar-refractivity contribution is 7.16. The second-order valence-corrected chi connectivity index (χ2v) is 7.21. The van der Waals surface area contributed by atoms with E-state index in [1.807, 2.05) is 24.4 Å². The number of carbonyl (C=O) groups excluding carboxylic acids is 2. The maximum Gasteiger partial charge on any atom is 0.252 e. The van der Waals surface area contributed by atoms with E-state index in [1.54, 1.807) is 16.3 Å². The second-order valence-electron chi connectivity index (χ2n) is 4.63. The molecule has 2 aromatic rings. The Balaban J connectivity index is 1.78. The Labute approximate surface area is 142 Å². The van der Waals surface area contributed by atoms with E-state index in [0.717, 1.165) is 9.21 Å². The van der Waals surface area contributed by atoms with Gasteiger partial charge in [0, 0.05) is 35.3 Å². The molecular formula is C15H17ClN2O2S2. The molecule has 0 saturated heterocycles. The summed E-state index contributed by atoms with van der Waals surface area (Å²) in [6.07, 6.45) is 0.294. The van der Waals surface area contributed by atoms with Gasteiger partial charge in [-0.05, 0) is 30.5 Å². The van der Waals surface area contributed by atoms with Crippen molar-refractivity contribution >= 4 is 46.1 Å². The van der Waals surface area contributed by atoms with Crippen molar-refractivity contribution in [1.29, 1.82) is 0 Å². The van der Waals surface area contributed by atoms with Gasteiger partial charge in [0.15, 0.2) is 0 Å². The van der Waals surface area contributed by atoms with E-state index in [1.165, 1.54) is 22.7 Å². The molecule has 0 spiro atoms. The van der Waals surface area contributed by atoms with Crippen LogP contribution in [-0.2, 0) is 11.3 Å². The smallest absolute Gasteiger partial charge is 0.252 e. The summed E-state index contributed by atoms with van der Waals surface area (Å²) >= 11 is 8.85. The lowest BCUT2D eigenvalue weighted by atomic mass is 10.3. The molecule has 0 bridgehead atoms. The standard InChI is InChI=1S/C15H17ClN2O2S2/c1-2-18(9-12-3-4-13(16)22-12)14(19)5-7-17-15(20)11-6-8-21-10-11/h3-4,6,8,10H,2,5,7,9H2,1H3,(H,17,20). The fraction of sp³-hybridized carbons (Fsp3) is 0.333. The van der Waals surface area contributed by atoms with Crippen LogP contribution < -0.4 is 5.32 Å². The summed E-state index contributed by atoms with van der Waals surface area (Å²) in [7, 11) is 0. The molecule has 0 unspecified atom stereocenters. The van der Waals surface area contributed by atoms with E-state index >= 15 is 0 Å². The molecular weight excluding hydrogens is 340 g/mol. The Kier molecular flexibility index (Phi) is 6.42. The van der Waals surface area contributed by atoms with Crippen LogP contribution in [0.1, 0.15) is 28.6 Å². The van der Waals surface area contributed by atoms with Gasteiger partial charge in [-0.15, -0.1) is 11.3 Å². The van der Waals surface area contributed by atoms with Gasteiger partial charge in [0.25, 0.3) is 5.91 Å². The summed E-state index contributed by atoms with van der Waals surface area (Å²) < 4.78 is 0.724. The van der Waals surface area contributed by atoms with Gasteiger partial charge in [0.2, 0.25) is 5.91 Å². The van der Waals surface area contributed by atoms with Gasteiger partial charge in [-0.3, -0.25) is 9.59 Å². The molecule has 7 heteroatoms. The molecule has 0 aliphatic carbocycles. The molecule has 2 amide bonds. The van der Waals surface area contributed by atoms with Gasteiger partial charge < -0.3 is 10.2 Å². The highest BCUT2D eigenvalue weighted by atomic mass is 35.5. The highest BCUT2D eigenvalue weighted by Crippen LogP contribution is 2.22. The summed E-state index contributed by atoms with van der Waals surface area (Å²) in [5.41, 5.74) is 0.637. The van der Waals surface area contributed by atoms with Crippen LogP contribution in [-0.4, -0.2) is 29.8 Å². The Bertz CT molecular complexity index is 625. The molecule has 0 fully saturated rings. The number of hydrogen-bond acceptors (Lipinski definition) is 4. The summed E-state index contributed by atoms with van der Waals surface area (Å²) in [4.78, 5) is 26.8. The van der Waals surface area contributed by atoms with Crippen molar-refractivity contribution in [2.45, 2.75) is 19.9 Å². The number of rotatable bonds is 7. The van der Waals surface area contributed by atoms with Crippen molar-refractivity contribution in [2.75, 3.05) is 13.1 Å². The van der Waals surface area contributed by atoms with Gasteiger partial charge in [0.05, 0.1) is 10.9 Å². The Morgan fingerprint density at radius 1 is 1.32 bits per heavy atom. The zero-order chi connectivity index (χ0) is 15.9. The minimum atomic E-state index is -0.137. The average Bonchev–Trinajstić information content (AvgIpc) is 3.16. The van der Waals surface area contributed by atoms with Crippen LogP contribution >= 0.6 is 34.3 Å². The Morgan fingerprint density at radius 2 is 2.14 bits per heavy atom. The van der Waals surface area contributed by atoms with Crippen LogP contribution in [0, 0.1) is 0 Å². The molecule has 2 heterocycles. The lowest BCUT2D eigenvalue weighted by molar-refractivity contribution is -0.131. The number of amides is 2. The number of halogens is 1. The van der Waals surface area contributed by atoms with Crippen molar-refractivity contribution in [2.24, 2.45) is 0 Å². The number of hydrogen-bond donors (Lipinski definition) is 1. The monoisotopic (exact) mass is 356 g/mol. The summed E-state index contributed by atoms with van der Waals surface area (Å²) in [6.45, 7) is 3.48. The van der Waals surface area contributed by atoms with Crippen LogP contribution in [0.5, 0.6) is 0 Å². The Hall–Kier alpha value is -1.37. The van der Waals surface area contributed by atoms with Crippen molar-refractivity contribution in [3.8, 4) is 0 Å². The summed E-state index contributed by atoms with van der Waals surface area (Å²) in [6, 6.07) is 5.53. The van der Waals surface area contributed by atoms with Crippen molar-refractivity contribution in [3.05, 3.63) is 43.7 Å². The highest BCUT2D eigenvalue weighted by Gasteiger charge is 2.14. The lowest BCUT2D eigenvalue weighted by Gasteiger charge is -2.20. The third kappa shape index (κ3) is 4.83. The fourth-order valence-electron chi connectivity index (χ4n) is 1.94. The van der Waals surface area contributed by atoms with Crippen LogP contribution in [0.25, 0.3) is 0 Å². The van der Waals surface area contributed by atoms with Gasteiger partial charge in [-0.1, -0.05) is 11.6 Å². The predicted molar refractivity (Wildman–Crippen MR) is 91.7 cm³/mol. The number of nitrogens with one attached hydrogen (secondary N) is 1. The predicted octanol–water partition coefficient (Wildman–Crippen LogP) is 3.63. The molecule has 1 N–H and O–H groups in total. The maximum atomic E-state index is 12.2. The average molecular weight is 357 g/mol. The molecule has 0 radical (unpaired) electrons. The van der Waals surface area contributed by atoms with E-state index in [0.29, 0.717) is 31.6 Å². The second kappa shape index (κ2) is 8.31. The summed E-state index contributed by atoms with van der Waals surface area (Å²) in [5.74, 6) is -0.111. The first kappa shape index (κ1) is 17.0. The number of thiophene rings is 2. The molecule has 2 aromatic heterocycles. The first-order chi connectivity index (χ1) is 10.6. The molecule has 0 atom stereocenters. The molecule has 0 saturated carbocycles. The normalized spacial score (nSPS) is 10.5. The van der Waals surface area contributed by atoms with Crippen molar-refractivity contribution < 1.29 is 9.59 Å². The molecule has 0 aliphatic heterocycles. The minimum absolute atomic E-state index is 0.0256. The van der Waals surface area contributed by atoms with E-state index in [2.05, 4.69) is 5.32 Å². The zero-order valence-electron chi connectivity index (χ0n) is 12.2. The fourth-order valence-corrected chi connectivity index (χ4v) is 3.68. The molecule has 0 aromatic carbocycles. The molecule has 2 rings (SSSR count). The quantitative estimate of drug-likeness (QED) is 0.823. The van der Waals surface area contributed by atoms with Crippen LogP contribution in [0.2, 0.25) is 4.34 Å². The van der Waals surface area contributed by atoms with Crippen molar-refractivity contribution in [3.63, 3.8) is 0 Å². The van der Waals surface area contributed by atoms with E-state index in [-0.39, 0.29) is 11.8 Å². The number of nitrogens with zero attached hydrogens (tertiary/aromatic N) is 1. The number of carbonyl (C=O) groups is 2. The molecule has 22 heavy (non-hydrogen) atoms. The molecule has 0 aliphatic rings. The first-order valence-electron chi connectivity index (χ1n) is 6.92. The van der Waals surface area contributed by atoms with Crippen LogP contribution in [0.4, 0.5) is 0 Å². The van der Waals surface area contributed by atoms with E-state index in [4.69, 9.17) is 11.6 Å². The minimum Gasteiger partial charge on any atom is -0.351 e. The van der Waals surface area contributed by atoms with Gasteiger partial charge in [-0.25, -0.2) is 0 Å². The van der Waals surface area contributed by atoms with E-state index < -0.39 is 0 Å². The van der Waals surface area contributed by atoms with Gasteiger partial charge >= 0.3 is 0 Å². The SMILES string of the molecule is CCN(Cc1ccc(Cl)s1)C(=O)CCNC(=O)c1ccsc1. The van der Waals surface area contributed by atoms with Gasteiger partial charge in [0.1, 0.15) is 0 Å². The molecule has 4 nitrogen and oxygen atoms in total. The Morgan fingerprint density at radius 3 is 2.73 bits per heavy atom. The maximum absolute atomic E-state index is 12.2.